The summed E-state index contributed by atoms with van der Waals surface area (Å²) >= 11 is 0. The third-order valence-corrected chi connectivity index (χ3v) is 3.23. The zero-order chi connectivity index (χ0) is 17.8. The Morgan fingerprint density at radius 2 is 1.88 bits per heavy atom. The average Bonchev–Trinajstić information content (AvgIpc) is 2.56. The van der Waals surface area contributed by atoms with Gasteiger partial charge in [0.2, 0.25) is 11.8 Å². The van der Waals surface area contributed by atoms with Gasteiger partial charge in [-0.15, -0.1) is 0 Å². The van der Waals surface area contributed by atoms with E-state index in [-0.39, 0.29) is 31.1 Å². The fourth-order valence-electron chi connectivity index (χ4n) is 2.03. The van der Waals surface area contributed by atoms with Gasteiger partial charge in [-0.1, -0.05) is 36.4 Å². The fraction of sp³-hybridized carbons (Fsp3) is 0.389. The van der Waals surface area contributed by atoms with Crippen molar-refractivity contribution in [3.63, 3.8) is 0 Å². The maximum atomic E-state index is 12.0. The number of unbranched alkanes of at least 4 members (excludes halogenated alkanes) is 1. The monoisotopic (exact) mass is 332 g/mol. The molecule has 6 nitrogen and oxygen atoms in total. The molecular formula is C18H24N2O4. The summed E-state index contributed by atoms with van der Waals surface area (Å²) in [5, 5.41) is 2.59. The highest BCUT2D eigenvalue weighted by Crippen LogP contribution is 2.05. The van der Waals surface area contributed by atoms with Crippen LogP contribution in [0.25, 0.3) is 0 Å². The molecule has 0 heterocycles. The molecule has 0 atom stereocenters. The number of rotatable bonds is 10. The van der Waals surface area contributed by atoms with E-state index in [1.165, 1.54) is 0 Å². The molecular weight excluding hydrogens is 308 g/mol. The predicted octanol–water partition coefficient (Wildman–Crippen LogP) is 1.84. The highest BCUT2D eigenvalue weighted by atomic mass is 16.5. The molecule has 0 aliphatic carbocycles. The number of hydrogen-bond acceptors (Lipinski definition) is 4. The molecule has 0 spiro atoms. The van der Waals surface area contributed by atoms with Gasteiger partial charge in [-0.3, -0.25) is 9.59 Å². The van der Waals surface area contributed by atoms with Gasteiger partial charge in [0, 0.05) is 12.8 Å². The van der Waals surface area contributed by atoms with Crippen molar-refractivity contribution in [3.8, 4) is 0 Å². The number of nitrogens with two attached hydrogens (primary N) is 1. The molecule has 130 valence electrons. The van der Waals surface area contributed by atoms with E-state index < -0.39 is 11.9 Å². The topological polar surface area (TPSA) is 98.5 Å². The molecule has 0 saturated carbocycles. The Labute approximate surface area is 142 Å². The molecule has 1 aromatic carbocycles. The lowest BCUT2D eigenvalue weighted by Gasteiger charge is -2.09. The molecule has 0 unspecified atom stereocenters. The van der Waals surface area contributed by atoms with E-state index >= 15 is 0 Å². The van der Waals surface area contributed by atoms with Gasteiger partial charge in [-0.2, -0.15) is 0 Å². The van der Waals surface area contributed by atoms with Gasteiger partial charge < -0.3 is 15.8 Å². The summed E-state index contributed by atoms with van der Waals surface area (Å²) in [5.74, 6) is -1.23. The third-order valence-electron chi connectivity index (χ3n) is 3.23. The van der Waals surface area contributed by atoms with Crippen LogP contribution in [0, 0.1) is 0 Å². The molecule has 0 bridgehead atoms. The first-order chi connectivity index (χ1) is 11.5. The van der Waals surface area contributed by atoms with Crippen molar-refractivity contribution < 1.29 is 19.1 Å². The molecule has 1 aromatic rings. The van der Waals surface area contributed by atoms with Crippen LogP contribution in [-0.4, -0.2) is 24.4 Å². The van der Waals surface area contributed by atoms with E-state index in [1.807, 2.05) is 30.3 Å². The highest BCUT2D eigenvalue weighted by molar-refractivity contribution is 5.93. The molecule has 0 fully saturated rings. The van der Waals surface area contributed by atoms with Crippen LogP contribution in [-0.2, 0) is 25.5 Å². The number of hydrogen-bond donors (Lipinski definition) is 2. The predicted molar refractivity (Wildman–Crippen MR) is 90.7 cm³/mol. The molecule has 0 aromatic heterocycles. The quantitative estimate of drug-likeness (QED) is 0.388. The largest absolute Gasteiger partial charge is 0.461 e. The molecule has 24 heavy (non-hydrogen) atoms. The van der Waals surface area contributed by atoms with Crippen LogP contribution >= 0.6 is 0 Å². The summed E-state index contributed by atoms with van der Waals surface area (Å²) < 4.78 is 4.93. The van der Waals surface area contributed by atoms with Crippen molar-refractivity contribution in [3.05, 3.63) is 47.7 Å². The van der Waals surface area contributed by atoms with Gasteiger partial charge in [0.25, 0.3) is 0 Å². The summed E-state index contributed by atoms with van der Waals surface area (Å²) in [5.41, 5.74) is 6.23. The SMILES string of the molecule is CCOC(=O)C(=CCCCC(N)=O)NC(=O)CCc1ccccc1. The van der Waals surface area contributed by atoms with Crippen molar-refractivity contribution in [1.82, 2.24) is 5.32 Å². The lowest BCUT2D eigenvalue weighted by atomic mass is 10.1. The lowest BCUT2D eigenvalue weighted by Crippen LogP contribution is -2.28. The molecule has 0 aliphatic rings. The molecule has 0 aliphatic heterocycles. The van der Waals surface area contributed by atoms with Gasteiger partial charge in [0.05, 0.1) is 6.61 Å². The Hall–Kier alpha value is -2.63. The van der Waals surface area contributed by atoms with Crippen molar-refractivity contribution in [2.24, 2.45) is 5.73 Å². The number of benzene rings is 1. The smallest absolute Gasteiger partial charge is 0.354 e. The number of ether oxygens (including phenoxy) is 1. The van der Waals surface area contributed by atoms with E-state index in [2.05, 4.69) is 5.32 Å². The van der Waals surface area contributed by atoms with Gasteiger partial charge in [0.15, 0.2) is 0 Å². The molecule has 1 rings (SSSR count). The van der Waals surface area contributed by atoms with E-state index in [0.29, 0.717) is 19.3 Å². The number of amides is 2. The van der Waals surface area contributed by atoms with Crippen LogP contribution in [0.3, 0.4) is 0 Å². The Balaban J connectivity index is 2.55. The zero-order valence-corrected chi connectivity index (χ0v) is 13.9. The summed E-state index contributed by atoms with van der Waals surface area (Å²) in [6.07, 6.45) is 3.62. The van der Waals surface area contributed by atoms with Gasteiger partial charge in [-0.05, 0) is 31.7 Å². The number of carbonyl (C=O) groups excluding carboxylic acids is 3. The minimum atomic E-state index is -0.579. The number of carbonyl (C=O) groups is 3. The first-order valence-corrected chi connectivity index (χ1v) is 8.02. The average molecular weight is 332 g/mol. The number of nitrogens with one attached hydrogen (secondary N) is 1. The standard InChI is InChI=1S/C18H24N2O4/c1-2-24-18(23)15(10-6-7-11-16(19)21)20-17(22)13-12-14-8-4-3-5-9-14/h3-5,8-10H,2,6-7,11-13H2,1H3,(H2,19,21)(H,20,22). The number of aryl methyl sites for hydroxylation is 1. The van der Waals surface area contributed by atoms with Crippen LogP contribution in [0.1, 0.15) is 38.2 Å². The van der Waals surface area contributed by atoms with Crippen LogP contribution in [0.4, 0.5) is 0 Å². The van der Waals surface area contributed by atoms with Crippen LogP contribution < -0.4 is 11.1 Å². The van der Waals surface area contributed by atoms with E-state index in [9.17, 15) is 14.4 Å². The Kier molecular flexibility index (Phi) is 8.89. The second-order valence-corrected chi connectivity index (χ2v) is 5.23. The summed E-state index contributed by atoms with van der Waals surface area (Å²) in [4.78, 5) is 34.6. The van der Waals surface area contributed by atoms with Crippen molar-refractivity contribution in [1.29, 1.82) is 0 Å². The number of allylic oxidation sites excluding steroid dienone is 1. The molecule has 2 amide bonds. The van der Waals surface area contributed by atoms with Crippen LogP contribution in [0.2, 0.25) is 0 Å². The zero-order valence-electron chi connectivity index (χ0n) is 13.9. The minimum absolute atomic E-state index is 0.111. The Morgan fingerprint density at radius 3 is 2.50 bits per heavy atom. The van der Waals surface area contributed by atoms with Crippen LogP contribution in [0.15, 0.2) is 42.1 Å². The van der Waals surface area contributed by atoms with Gasteiger partial charge in [-0.25, -0.2) is 4.79 Å². The van der Waals surface area contributed by atoms with E-state index in [1.54, 1.807) is 13.0 Å². The maximum Gasteiger partial charge on any atom is 0.354 e. The summed E-state index contributed by atoms with van der Waals surface area (Å²) in [6.45, 7) is 1.91. The number of primary amides is 1. The second-order valence-electron chi connectivity index (χ2n) is 5.23. The lowest BCUT2D eigenvalue weighted by molar-refractivity contribution is -0.140. The molecule has 6 heteroatoms. The van der Waals surface area contributed by atoms with Crippen molar-refractivity contribution in [2.75, 3.05) is 6.61 Å². The fourth-order valence-corrected chi connectivity index (χ4v) is 2.03. The molecule has 0 saturated heterocycles. The first-order valence-electron chi connectivity index (χ1n) is 8.02. The second kappa shape index (κ2) is 11.0. The molecule has 0 radical (unpaired) electrons. The third kappa shape index (κ3) is 8.12. The van der Waals surface area contributed by atoms with Crippen molar-refractivity contribution >= 4 is 17.8 Å². The summed E-state index contributed by atoms with van der Waals surface area (Å²) in [7, 11) is 0. The normalized spacial score (nSPS) is 11.0. The first kappa shape index (κ1) is 19.4. The van der Waals surface area contributed by atoms with E-state index in [4.69, 9.17) is 10.5 Å². The molecule has 3 N–H and O–H groups in total. The number of esters is 1. The van der Waals surface area contributed by atoms with Gasteiger partial charge >= 0.3 is 5.97 Å². The van der Waals surface area contributed by atoms with E-state index in [0.717, 1.165) is 5.56 Å². The van der Waals surface area contributed by atoms with Crippen molar-refractivity contribution in [2.45, 2.75) is 39.0 Å². The van der Waals surface area contributed by atoms with Gasteiger partial charge in [0.1, 0.15) is 5.70 Å². The maximum absolute atomic E-state index is 12.0. The minimum Gasteiger partial charge on any atom is -0.461 e. The van der Waals surface area contributed by atoms with Crippen LogP contribution in [0.5, 0.6) is 0 Å². The summed E-state index contributed by atoms with van der Waals surface area (Å²) in [6, 6.07) is 9.63. The highest BCUT2D eigenvalue weighted by Gasteiger charge is 2.13. The Morgan fingerprint density at radius 1 is 1.17 bits per heavy atom. The Bertz CT molecular complexity index is 582.